The van der Waals surface area contributed by atoms with Gasteiger partial charge >= 0.3 is 5.97 Å². The molecule has 1 N–H and O–H groups in total. The van der Waals surface area contributed by atoms with E-state index in [0.717, 1.165) is 16.9 Å². The van der Waals surface area contributed by atoms with Crippen LogP contribution in [0.5, 0.6) is 5.75 Å². The zero-order valence-corrected chi connectivity index (χ0v) is 12.3. The van der Waals surface area contributed by atoms with Crippen LogP contribution in [0.3, 0.4) is 0 Å². The number of hydrogen-bond donors (Lipinski definition) is 1. The maximum Gasteiger partial charge on any atom is 0.338 e. The summed E-state index contributed by atoms with van der Waals surface area (Å²) in [6.07, 6.45) is 0. The summed E-state index contributed by atoms with van der Waals surface area (Å²) >= 11 is 0. The van der Waals surface area contributed by atoms with Crippen molar-refractivity contribution in [2.24, 2.45) is 0 Å². The van der Waals surface area contributed by atoms with Gasteiger partial charge in [-0.2, -0.15) is 0 Å². The lowest BCUT2D eigenvalue weighted by atomic mass is 10.1. The number of hydrogen-bond acceptors (Lipinski definition) is 4. The summed E-state index contributed by atoms with van der Waals surface area (Å²) in [5.41, 5.74) is 2.65. The van der Waals surface area contributed by atoms with Crippen molar-refractivity contribution in [3.05, 3.63) is 65.2 Å². The predicted molar refractivity (Wildman–Crippen MR) is 81.3 cm³/mol. The highest BCUT2D eigenvalue weighted by molar-refractivity contribution is 5.90. The van der Waals surface area contributed by atoms with E-state index in [1.165, 1.54) is 7.11 Å². The Morgan fingerprint density at radius 3 is 2.62 bits per heavy atom. The zero-order valence-electron chi connectivity index (χ0n) is 12.3. The fraction of sp³-hybridized carbons (Fsp3) is 0.235. The highest BCUT2D eigenvalue weighted by atomic mass is 16.5. The Balaban J connectivity index is 1.99. The van der Waals surface area contributed by atoms with Crippen molar-refractivity contribution in [2.45, 2.75) is 13.1 Å². The smallest absolute Gasteiger partial charge is 0.338 e. The fourth-order valence-corrected chi connectivity index (χ4v) is 2.11. The second kappa shape index (κ2) is 7.45. The molecule has 0 radical (unpaired) electrons. The van der Waals surface area contributed by atoms with Crippen LogP contribution in [-0.2, 0) is 17.8 Å². The van der Waals surface area contributed by atoms with Gasteiger partial charge in [-0.1, -0.05) is 30.3 Å². The van der Waals surface area contributed by atoms with E-state index in [0.29, 0.717) is 18.7 Å². The average molecular weight is 285 g/mol. The first-order valence-electron chi connectivity index (χ1n) is 6.74. The van der Waals surface area contributed by atoms with Gasteiger partial charge in [-0.3, -0.25) is 0 Å². The van der Waals surface area contributed by atoms with Gasteiger partial charge < -0.3 is 14.8 Å². The van der Waals surface area contributed by atoms with E-state index >= 15 is 0 Å². The van der Waals surface area contributed by atoms with Crippen LogP contribution in [0, 0.1) is 0 Å². The lowest BCUT2D eigenvalue weighted by Gasteiger charge is -2.10. The van der Waals surface area contributed by atoms with E-state index in [1.807, 2.05) is 42.5 Å². The molecule has 110 valence electrons. The molecule has 0 saturated heterocycles. The quantitative estimate of drug-likeness (QED) is 0.829. The van der Waals surface area contributed by atoms with E-state index in [1.54, 1.807) is 13.2 Å². The first-order chi connectivity index (χ1) is 10.2. The Morgan fingerprint density at radius 2 is 1.86 bits per heavy atom. The zero-order chi connectivity index (χ0) is 15.1. The molecule has 0 bridgehead atoms. The molecule has 0 aromatic heterocycles. The molecule has 4 heteroatoms. The number of carbonyl (C=O) groups is 1. The minimum Gasteiger partial charge on any atom is -0.497 e. The van der Waals surface area contributed by atoms with Gasteiger partial charge in [-0.15, -0.1) is 0 Å². The highest BCUT2D eigenvalue weighted by Crippen LogP contribution is 2.13. The molecule has 0 fully saturated rings. The molecule has 21 heavy (non-hydrogen) atoms. The van der Waals surface area contributed by atoms with Crippen molar-refractivity contribution in [3.8, 4) is 5.75 Å². The van der Waals surface area contributed by atoms with Gasteiger partial charge in [-0.25, -0.2) is 4.79 Å². The Morgan fingerprint density at radius 1 is 1.05 bits per heavy atom. The Kier molecular flexibility index (Phi) is 5.35. The number of methoxy groups -OCH3 is 2. The van der Waals surface area contributed by atoms with Crippen molar-refractivity contribution < 1.29 is 14.3 Å². The van der Waals surface area contributed by atoms with Gasteiger partial charge in [0, 0.05) is 13.1 Å². The molecule has 0 heterocycles. The van der Waals surface area contributed by atoms with Gasteiger partial charge in [-0.05, 0) is 29.3 Å². The minimum atomic E-state index is -0.311. The van der Waals surface area contributed by atoms with Gasteiger partial charge in [0.25, 0.3) is 0 Å². The van der Waals surface area contributed by atoms with E-state index in [9.17, 15) is 4.79 Å². The van der Waals surface area contributed by atoms with Crippen molar-refractivity contribution in [1.82, 2.24) is 5.32 Å². The fourth-order valence-electron chi connectivity index (χ4n) is 2.11. The molecule has 0 aliphatic rings. The van der Waals surface area contributed by atoms with E-state index in [-0.39, 0.29) is 5.97 Å². The van der Waals surface area contributed by atoms with E-state index in [4.69, 9.17) is 9.47 Å². The molecule has 2 rings (SSSR count). The third kappa shape index (κ3) is 4.07. The van der Waals surface area contributed by atoms with Gasteiger partial charge in [0.05, 0.1) is 19.8 Å². The average Bonchev–Trinajstić information content (AvgIpc) is 2.55. The normalized spacial score (nSPS) is 10.2. The highest BCUT2D eigenvalue weighted by Gasteiger charge is 2.10. The predicted octanol–water partition coefficient (Wildman–Crippen LogP) is 2.77. The van der Waals surface area contributed by atoms with Crippen LogP contribution in [0.25, 0.3) is 0 Å². The Labute approximate surface area is 124 Å². The molecule has 0 aliphatic heterocycles. The summed E-state index contributed by atoms with van der Waals surface area (Å²) in [6, 6.07) is 15.3. The number of nitrogens with one attached hydrogen (secondary N) is 1. The number of ether oxygens (including phenoxy) is 2. The SMILES string of the molecule is COC(=O)c1ccccc1CNCc1cccc(OC)c1. The molecular weight excluding hydrogens is 266 g/mol. The molecule has 0 amide bonds. The summed E-state index contributed by atoms with van der Waals surface area (Å²) in [4.78, 5) is 11.7. The summed E-state index contributed by atoms with van der Waals surface area (Å²) < 4.78 is 9.98. The number of esters is 1. The largest absolute Gasteiger partial charge is 0.497 e. The molecule has 4 nitrogen and oxygen atoms in total. The maximum atomic E-state index is 11.7. The molecule has 2 aromatic carbocycles. The van der Waals surface area contributed by atoms with Crippen LogP contribution in [0.15, 0.2) is 48.5 Å². The first-order valence-corrected chi connectivity index (χ1v) is 6.74. The second-order valence-electron chi connectivity index (χ2n) is 4.60. The van der Waals surface area contributed by atoms with Crippen molar-refractivity contribution in [1.29, 1.82) is 0 Å². The molecule has 0 aliphatic carbocycles. The van der Waals surface area contributed by atoms with Crippen LogP contribution < -0.4 is 10.1 Å². The van der Waals surface area contributed by atoms with Crippen LogP contribution in [0.4, 0.5) is 0 Å². The van der Waals surface area contributed by atoms with Crippen molar-refractivity contribution >= 4 is 5.97 Å². The molecule has 0 spiro atoms. The van der Waals surface area contributed by atoms with E-state index in [2.05, 4.69) is 5.32 Å². The van der Waals surface area contributed by atoms with Crippen LogP contribution in [0.1, 0.15) is 21.5 Å². The third-order valence-corrected chi connectivity index (χ3v) is 3.20. The molecular formula is C17H19NO3. The van der Waals surface area contributed by atoms with Crippen molar-refractivity contribution in [2.75, 3.05) is 14.2 Å². The first kappa shape index (κ1) is 15.1. The monoisotopic (exact) mass is 285 g/mol. The van der Waals surface area contributed by atoms with Crippen LogP contribution in [0.2, 0.25) is 0 Å². The van der Waals surface area contributed by atoms with Gasteiger partial charge in [0.2, 0.25) is 0 Å². The summed E-state index contributed by atoms with van der Waals surface area (Å²) in [6.45, 7) is 1.30. The summed E-state index contributed by atoms with van der Waals surface area (Å²) in [7, 11) is 3.04. The van der Waals surface area contributed by atoms with Gasteiger partial charge in [0.15, 0.2) is 0 Å². The summed E-state index contributed by atoms with van der Waals surface area (Å²) in [5, 5.41) is 3.33. The molecule has 0 unspecified atom stereocenters. The molecule has 0 saturated carbocycles. The lowest BCUT2D eigenvalue weighted by Crippen LogP contribution is -2.16. The number of rotatable bonds is 6. The maximum absolute atomic E-state index is 11.7. The Bertz CT molecular complexity index is 610. The van der Waals surface area contributed by atoms with Crippen LogP contribution in [-0.4, -0.2) is 20.2 Å². The topological polar surface area (TPSA) is 47.6 Å². The van der Waals surface area contributed by atoms with Crippen LogP contribution >= 0.6 is 0 Å². The minimum absolute atomic E-state index is 0.311. The standard InChI is InChI=1S/C17H19NO3/c1-20-15-8-5-6-13(10-15)11-18-12-14-7-3-4-9-16(14)17(19)21-2/h3-10,18H,11-12H2,1-2H3. The summed E-state index contributed by atoms with van der Waals surface area (Å²) in [5.74, 6) is 0.526. The third-order valence-electron chi connectivity index (χ3n) is 3.20. The molecule has 2 aromatic rings. The number of carbonyl (C=O) groups excluding carboxylic acids is 1. The second-order valence-corrected chi connectivity index (χ2v) is 4.60. The van der Waals surface area contributed by atoms with Gasteiger partial charge in [0.1, 0.15) is 5.75 Å². The van der Waals surface area contributed by atoms with E-state index < -0.39 is 0 Å². The molecule has 0 atom stereocenters. The van der Waals surface area contributed by atoms with Crippen molar-refractivity contribution in [3.63, 3.8) is 0 Å². The lowest BCUT2D eigenvalue weighted by molar-refractivity contribution is 0.0599. The Hall–Kier alpha value is -2.33. The number of benzene rings is 2.